The average Bonchev–Trinajstić information content (AvgIpc) is 2.35. The fourth-order valence-corrected chi connectivity index (χ4v) is 2.98. The molecule has 1 fully saturated rings. The molecule has 0 aromatic carbocycles. The zero-order chi connectivity index (χ0) is 15.6. The Hall–Kier alpha value is -1.13. The van der Waals surface area contributed by atoms with Gasteiger partial charge in [0.2, 0.25) is 0 Å². The van der Waals surface area contributed by atoms with Crippen molar-refractivity contribution >= 4 is 5.82 Å². The summed E-state index contributed by atoms with van der Waals surface area (Å²) < 4.78 is 5.85. The van der Waals surface area contributed by atoms with Gasteiger partial charge >= 0.3 is 0 Å². The summed E-state index contributed by atoms with van der Waals surface area (Å²) in [5.74, 6) is 1.13. The molecule has 0 bridgehead atoms. The van der Waals surface area contributed by atoms with Crippen molar-refractivity contribution < 1.29 is 4.74 Å². The molecule has 0 amide bonds. The van der Waals surface area contributed by atoms with Gasteiger partial charge in [-0.3, -0.25) is 0 Å². The van der Waals surface area contributed by atoms with Gasteiger partial charge in [0.05, 0.1) is 12.2 Å². The van der Waals surface area contributed by atoms with E-state index in [0.29, 0.717) is 6.04 Å². The van der Waals surface area contributed by atoms with Crippen LogP contribution in [0.15, 0.2) is 6.07 Å². The number of nitrogens with one attached hydrogen (secondary N) is 1. The molecule has 2 atom stereocenters. The molecular weight excluding hydrogens is 262 g/mol. The van der Waals surface area contributed by atoms with Gasteiger partial charge in [-0.25, -0.2) is 4.98 Å². The Morgan fingerprint density at radius 2 is 1.90 bits per heavy atom. The lowest BCUT2D eigenvalue weighted by Crippen LogP contribution is -2.46. The molecule has 118 valence electrons. The molecule has 2 unspecified atom stereocenters. The zero-order valence-electron chi connectivity index (χ0n) is 14.2. The summed E-state index contributed by atoms with van der Waals surface area (Å²) in [4.78, 5) is 7.22. The van der Waals surface area contributed by atoms with Crippen molar-refractivity contribution in [3.63, 3.8) is 0 Å². The lowest BCUT2D eigenvalue weighted by Gasteiger charge is -2.37. The molecule has 1 aliphatic heterocycles. The Bertz CT molecular complexity index is 477. The second-order valence-electron chi connectivity index (χ2n) is 6.58. The number of morpholine rings is 1. The van der Waals surface area contributed by atoms with E-state index in [-0.39, 0.29) is 12.2 Å². The van der Waals surface area contributed by atoms with Crippen molar-refractivity contribution in [2.24, 2.45) is 0 Å². The highest BCUT2D eigenvalue weighted by Gasteiger charge is 2.25. The van der Waals surface area contributed by atoms with E-state index in [0.717, 1.165) is 31.1 Å². The Balaban J connectivity index is 2.31. The van der Waals surface area contributed by atoms with Crippen molar-refractivity contribution in [2.45, 2.75) is 66.3 Å². The first-order valence-electron chi connectivity index (χ1n) is 7.97. The van der Waals surface area contributed by atoms with E-state index in [1.54, 1.807) is 0 Å². The highest BCUT2D eigenvalue weighted by Crippen LogP contribution is 2.26. The maximum atomic E-state index is 5.85. The minimum Gasteiger partial charge on any atom is -0.372 e. The van der Waals surface area contributed by atoms with Gasteiger partial charge in [0.25, 0.3) is 0 Å². The van der Waals surface area contributed by atoms with Crippen molar-refractivity contribution in [1.29, 1.82) is 0 Å². The van der Waals surface area contributed by atoms with Crippen LogP contribution < -0.4 is 10.2 Å². The largest absolute Gasteiger partial charge is 0.372 e. The molecule has 0 aliphatic carbocycles. The number of nitrogens with zero attached hydrogens (tertiary/aromatic N) is 2. The Morgan fingerprint density at radius 3 is 2.48 bits per heavy atom. The van der Waals surface area contributed by atoms with Crippen LogP contribution >= 0.6 is 0 Å². The predicted molar refractivity (Wildman–Crippen MR) is 87.9 cm³/mol. The second kappa shape index (κ2) is 6.75. The molecule has 4 heteroatoms. The van der Waals surface area contributed by atoms with Crippen LogP contribution in [-0.2, 0) is 11.3 Å². The molecule has 2 rings (SSSR count). The maximum Gasteiger partial charge on any atom is 0.133 e. The monoisotopic (exact) mass is 291 g/mol. The number of rotatable bonds is 4. The molecule has 0 spiro atoms. The number of anilines is 1. The van der Waals surface area contributed by atoms with Crippen LogP contribution in [0, 0.1) is 13.8 Å². The number of aromatic nitrogens is 1. The molecule has 1 N–H and O–H groups in total. The number of hydrogen-bond acceptors (Lipinski definition) is 4. The summed E-state index contributed by atoms with van der Waals surface area (Å²) in [6.45, 7) is 15.6. The summed E-state index contributed by atoms with van der Waals surface area (Å²) in [7, 11) is 0. The SMILES string of the molecule is Cc1cc(C)c(CNC(C)C)c(N2CC(C)OC(C)C2)n1. The van der Waals surface area contributed by atoms with E-state index >= 15 is 0 Å². The highest BCUT2D eigenvalue weighted by atomic mass is 16.5. The molecule has 2 heterocycles. The van der Waals surface area contributed by atoms with Gasteiger partial charge in [0.15, 0.2) is 0 Å². The first-order valence-corrected chi connectivity index (χ1v) is 7.97. The van der Waals surface area contributed by atoms with Crippen LogP contribution in [0.5, 0.6) is 0 Å². The van der Waals surface area contributed by atoms with Crippen molar-refractivity contribution in [2.75, 3.05) is 18.0 Å². The molecule has 21 heavy (non-hydrogen) atoms. The third-order valence-electron chi connectivity index (χ3n) is 3.86. The van der Waals surface area contributed by atoms with Gasteiger partial charge in [0.1, 0.15) is 5.82 Å². The standard InChI is InChI=1S/C17H29N3O/c1-11(2)18-8-16-12(3)7-13(4)19-17(16)20-9-14(5)21-15(6)10-20/h7,11,14-15,18H,8-10H2,1-6H3. The molecule has 0 radical (unpaired) electrons. The molecular formula is C17H29N3O. The quantitative estimate of drug-likeness (QED) is 0.925. The van der Waals surface area contributed by atoms with Crippen LogP contribution in [0.4, 0.5) is 5.82 Å². The minimum atomic E-state index is 0.252. The van der Waals surface area contributed by atoms with Crippen LogP contribution in [0.1, 0.15) is 44.5 Å². The summed E-state index contributed by atoms with van der Waals surface area (Å²) in [6.07, 6.45) is 0.504. The van der Waals surface area contributed by atoms with E-state index in [9.17, 15) is 0 Å². The van der Waals surface area contributed by atoms with Crippen LogP contribution in [0.25, 0.3) is 0 Å². The van der Waals surface area contributed by atoms with Crippen molar-refractivity contribution in [3.8, 4) is 0 Å². The number of pyridine rings is 1. The summed E-state index contributed by atoms with van der Waals surface area (Å²) in [5, 5.41) is 3.53. The second-order valence-corrected chi connectivity index (χ2v) is 6.58. The van der Waals surface area contributed by atoms with Gasteiger partial charge in [-0.1, -0.05) is 13.8 Å². The Labute approximate surface area is 128 Å². The topological polar surface area (TPSA) is 37.4 Å². The molecule has 4 nitrogen and oxygen atoms in total. The summed E-state index contributed by atoms with van der Waals surface area (Å²) >= 11 is 0. The molecule has 1 aliphatic rings. The normalized spacial score (nSPS) is 22.9. The number of aryl methyl sites for hydroxylation is 2. The summed E-state index contributed by atoms with van der Waals surface area (Å²) in [6, 6.07) is 2.65. The van der Waals surface area contributed by atoms with Gasteiger partial charge < -0.3 is 15.0 Å². The van der Waals surface area contributed by atoms with E-state index in [4.69, 9.17) is 9.72 Å². The van der Waals surface area contributed by atoms with Crippen LogP contribution in [0.3, 0.4) is 0 Å². The fraction of sp³-hybridized carbons (Fsp3) is 0.706. The highest BCUT2D eigenvalue weighted by molar-refractivity contribution is 5.52. The Morgan fingerprint density at radius 1 is 1.29 bits per heavy atom. The molecule has 0 saturated carbocycles. The first-order chi connectivity index (χ1) is 9.86. The average molecular weight is 291 g/mol. The van der Waals surface area contributed by atoms with E-state index in [2.05, 4.69) is 57.8 Å². The van der Waals surface area contributed by atoms with Crippen molar-refractivity contribution in [3.05, 3.63) is 22.9 Å². The fourth-order valence-electron chi connectivity index (χ4n) is 2.98. The van der Waals surface area contributed by atoms with E-state index in [1.807, 2.05) is 0 Å². The lowest BCUT2D eigenvalue weighted by molar-refractivity contribution is -0.00552. The zero-order valence-corrected chi connectivity index (χ0v) is 14.2. The number of ether oxygens (including phenoxy) is 1. The first kappa shape index (κ1) is 16.2. The van der Waals surface area contributed by atoms with Gasteiger partial charge in [-0.2, -0.15) is 0 Å². The summed E-state index contributed by atoms with van der Waals surface area (Å²) in [5.41, 5.74) is 3.72. The van der Waals surface area contributed by atoms with Gasteiger partial charge in [0, 0.05) is 36.9 Å². The van der Waals surface area contributed by atoms with Crippen molar-refractivity contribution in [1.82, 2.24) is 10.3 Å². The smallest absolute Gasteiger partial charge is 0.133 e. The molecule has 1 aromatic heterocycles. The maximum absolute atomic E-state index is 5.85. The van der Waals surface area contributed by atoms with Crippen LogP contribution in [0.2, 0.25) is 0 Å². The minimum absolute atomic E-state index is 0.252. The third-order valence-corrected chi connectivity index (χ3v) is 3.86. The molecule has 1 saturated heterocycles. The van der Waals surface area contributed by atoms with E-state index in [1.165, 1.54) is 11.1 Å². The molecule has 1 aromatic rings. The number of hydrogen-bond donors (Lipinski definition) is 1. The van der Waals surface area contributed by atoms with Gasteiger partial charge in [-0.15, -0.1) is 0 Å². The third kappa shape index (κ3) is 4.17. The van der Waals surface area contributed by atoms with Gasteiger partial charge in [-0.05, 0) is 39.3 Å². The van der Waals surface area contributed by atoms with Crippen LogP contribution in [-0.4, -0.2) is 36.3 Å². The lowest BCUT2D eigenvalue weighted by atomic mass is 10.1. The van der Waals surface area contributed by atoms with E-state index < -0.39 is 0 Å². The Kier molecular flexibility index (Phi) is 5.22. The predicted octanol–water partition coefficient (Wildman–Crippen LogP) is 2.81.